The summed E-state index contributed by atoms with van der Waals surface area (Å²) in [6, 6.07) is 8.11. The summed E-state index contributed by atoms with van der Waals surface area (Å²) in [4.78, 5) is 15.6. The lowest BCUT2D eigenvalue weighted by Crippen LogP contribution is -3.15. The van der Waals surface area contributed by atoms with Crippen LogP contribution in [0.3, 0.4) is 0 Å². The molecule has 3 aliphatic rings. The van der Waals surface area contributed by atoms with Crippen LogP contribution in [0.2, 0.25) is 0 Å². The van der Waals surface area contributed by atoms with Crippen molar-refractivity contribution in [2.24, 2.45) is 17.8 Å². The van der Waals surface area contributed by atoms with E-state index in [0.717, 1.165) is 36.4 Å². The van der Waals surface area contributed by atoms with Crippen molar-refractivity contribution >= 4 is 11.5 Å². The fraction of sp³-hybridized carbons (Fsp3) is 0.550. The van der Waals surface area contributed by atoms with Gasteiger partial charge in [0.15, 0.2) is 5.78 Å². The molecular weight excluding hydrogens is 284 g/mol. The predicted octanol–water partition coefficient (Wildman–Crippen LogP) is 1.81. The molecule has 122 valence electrons. The van der Waals surface area contributed by atoms with E-state index in [1.165, 1.54) is 38.2 Å². The molecule has 2 bridgehead atoms. The molecule has 1 saturated carbocycles. The van der Waals surface area contributed by atoms with Crippen LogP contribution in [0, 0.1) is 17.8 Å². The van der Waals surface area contributed by atoms with Crippen molar-refractivity contribution < 1.29 is 9.69 Å². The number of nitrogens with one attached hydrogen (secondary N) is 1. The number of anilines is 1. The van der Waals surface area contributed by atoms with E-state index >= 15 is 0 Å². The molecule has 0 spiro atoms. The van der Waals surface area contributed by atoms with Crippen LogP contribution in [0.25, 0.3) is 0 Å². The third-order valence-electron chi connectivity index (χ3n) is 6.08. The minimum Gasteiger partial charge on any atom is -0.360 e. The number of Topliss-reactive ketones (excluding diaryl/α,β-unsaturated/α-hetero) is 1. The van der Waals surface area contributed by atoms with Crippen LogP contribution >= 0.6 is 0 Å². The van der Waals surface area contributed by atoms with Crippen molar-refractivity contribution in [1.82, 2.24) is 0 Å². The van der Waals surface area contributed by atoms with E-state index in [9.17, 15) is 4.79 Å². The molecule has 0 radical (unpaired) electrons. The van der Waals surface area contributed by atoms with E-state index in [-0.39, 0.29) is 5.78 Å². The number of allylic oxidation sites excluding steroid dienone is 2. The largest absolute Gasteiger partial charge is 0.360 e. The molecule has 4 rings (SSSR count). The maximum atomic E-state index is 11.4. The number of hydrogen-bond acceptors (Lipinski definition) is 2. The van der Waals surface area contributed by atoms with Crippen LogP contribution in [0.15, 0.2) is 36.4 Å². The molecule has 1 aromatic carbocycles. The minimum absolute atomic E-state index is 0.144. The number of nitrogens with zero attached hydrogens (tertiary/aromatic N) is 1. The lowest BCUT2D eigenvalue weighted by atomic mass is 9.93. The number of fused-ring (bicyclic) bond motifs is 2. The first kappa shape index (κ1) is 14.9. The normalized spacial score (nSPS) is 30.1. The third-order valence-corrected chi connectivity index (χ3v) is 6.08. The Balaban J connectivity index is 1.30. The summed E-state index contributed by atoms with van der Waals surface area (Å²) in [5.74, 6) is 2.85. The molecule has 1 saturated heterocycles. The fourth-order valence-corrected chi connectivity index (χ4v) is 4.69. The van der Waals surface area contributed by atoms with Gasteiger partial charge in [-0.05, 0) is 55.9 Å². The van der Waals surface area contributed by atoms with E-state index in [4.69, 9.17) is 0 Å². The Morgan fingerprint density at radius 3 is 2.43 bits per heavy atom. The molecule has 0 aromatic heterocycles. The number of ketones is 1. The summed E-state index contributed by atoms with van der Waals surface area (Å²) in [6.45, 7) is 7.74. The van der Waals surface area contributed by atoms with Gasteiger partial charge >= 0.3 is 0 Å². The molecule has 1 aliphatic heterocycles. The van der Waals surface area contributed by atoms with E-state index in [0.29, 0.717) is 0 Å². The molecule has 0 amide bonds. The second kappa shape index (κ2) is 6.12. The first-order valence-corrected chi connectivity index (χ1v) is 9.07. The number of carbonyl (C=O) groups excluding carboxylic acids is 1. The Morgan fingerprint density at radius 1 is 1.13 bits per heavy atom. The zero-order valence-electron chi connectivity index (χ0n) is 14.0. The number of carbonyl (C=O) groups is 1. The first-order chi connectivity index (χ1) is 11.2. The van der Waals surface area contributed by atoms with Crippen molar-refractivity contribution in [3.05, 3.63) is 42.0 Å². The first-order valence-electron chi connectivity index (χ1n) is 9.07. The summed E-state index contributed by atoms with van der Waals surface area (Å²) in [6.07, 6.45) is 7.78. The second-order valence-electron chi connectivity index (χ2n) is 7.58. The minimum atomic E-state index is 0.144. The van der Waals surface area contributed by atoms with Crippen LogP contribution in [0.4, 0.5) is 5.69 Å². The monoisotopic (exact) mass is 311 g/mol. The van der Waals surface area contributed by atoms with Gasteiger partial charge in [-0.2, -0.15) is 0 Å². The Hall–Kier alpha value is -1.61. The van der Waals surface area contributed by atoms with E-state index in [2.05, 4.69) is 29.2 Å². The highest BCUT2D eigenvalue weighted by Crippen LogP contribution is 2.42. The molecule has 1 heterocycles. The summed E-state index contributed by atoms with van der Waals surface area (Å²) in [5.41, 5.74) is 2.07. The molecule has 3 heteroatoms. The Bertz CT molecular complexity index is 599. The van der Waals surface area contributed by atoms with Gasteiger partial charge in [-0.3, -0.25) is 4.79 Å². The van der Waals surface area contributed by atoms with Crippen molar-refractivity contribution in [2.45, 2.75) is 19.8 Å². The molecule has 1 aromatic rings. The maximum absolute atomic E-state index is 11.4. The van der Waals surface area contributed by atoms with Crippen LogP contribution in [-0.2, 0) is 0 Å². The zero-order chi connectivity index (χ0) is 15.8. The molecule has 2 fully saturated rings. The molecule has 23 heavy (non-hydrogen) atoms. The molecule has 2 aliphatic carbocycles. The van der Waals surface area contributed by atoms with Gasteiger partial charge < -0.3 is 9.80 Å². The van der Waals surface area contributed by atoms with Gasteiger partial charge in [0.1, 0.15) is 0 Å². The molecule has 3 atom stereocenters. The van der Waals surface area contributed by atoms with Crippen LogP contribution in [-0.4, -0.2) is 38.5 Å². The van der Waals surface area contributed by atoms with Crippen LogP contribution < -0.4 is 9.80 Å². The number of benzene rings is 1. The van der Waals surface area contributed by atoms with Crippen molar-refractivity contribution in [2.75, 3.05) is 37.6 Å². The number of quaternary nitrogens is 1. The van der Waals surface area contributed by atoms with Gasteiger partial charge in [-0.1, -0.05) is 12.2 Å². The van der Waals surface area contributed by atoms with Gasteiger partial charge in [-0.15, -0.1) is 0 Å². The average molecular weight is 311 g/mol. The predicted molar refractivity (Wildman–Crippen MR) is 93.1 cm³/mol. The molecular formula is C20H27N2O+. The zero-order valence-corrected chi connectivity index (χ0v) is 14.0. The Morgan fingerprint density at radius 2 is 1.87 bits per heavy atom. The molecule has 0 unspecified atom stereocenters. The summed E-state index contributed by atoms with van der Waals surface area (Å²) in [5, 5.41) is 0. The van der Waals surface area contributed by atoms with Gasteiger partial charge in [0.2, 0.25) is 0 Å². The highest BCUT2D eigenvalue weighted by molar-refractivity contribution is 5.94. The van der Waals surface area contributed by atoms with Crippen molar-refractivity contribution in [3.63, 3.8) is 0 Å². The Labute approximate surface area is 139 Å². The number of rotatable bonds is 4. The number of piperazine rings is 1. The summed E-state index contributed by atoms with van der Waals surface area (Å²) < 4.78 is 0. The van der Waals surface area contributed by atoms with E-state index < -0.39 is 0 Å². The Kier molecular flexibility index (Phi) is 3.98. The summed E-state index contributed by atoms with van der Waals surface area (Å²) >= 11 is 0. The highest BCUT2D eigenvalue weighted by Gasteiger charge is 2.38. The van der Waals surface area contributed by atoms with E-state index in [1.807, 2.05) is 12.1 Å². The topological polar surface area (TPSA) is 24.8 Å². The van der Waals surface area contributed by atoms with Gasteiger partial charge in [0, 0.05) is 17.2 Å². The highest BCUT2D eigenvalue weighted by atomic mass is 16.1. The lowest BCUT2D eigenvalue weighted by molar-refractivity contribution is -0.904. The van der Waals surface area contributed by atoms with Gasteiger partial charge in [0.05, 0.1) is 32.7 Å². The van der Waals surface area contributed by atoms with Crippen molar-refractivity contribution in [3.8, 4) is 0 Å². The third kappa shape index (κ3) is 3.07. The lowest BCUT2D eigenvalue weighted by Gasteiger charge is -2.35. The number of hydrogen-bond donors (Lipinski definition) is 1. The second-order valence-corrected chi connectivity index (χ2v) is 7.58. The van der Waals surface area contributed by atoms with Crippen molar-refractivity contribution in [1.29, 1.82) is 0 Å². The smallest absolute Gasteiger partial charge is 0.159 e. The van der Waals surface area contributed by atoms with Crippen LogP contribution in [0.1, 0.15) is 30.1 Å². The maximum Gasteiger partial charge on any atom is 0.159 e. The molecule has 1 N–H and O–H groups in total. The van der Waals surface area contributed by atoms with E-state index in [1.54, 1.807) is 11.8 Å². The van der Waals surface area contributed by atoms with Gasteiger partial charge in [-0.25, -0.2) is 0 Å². The van der Waals surface area contributed by atoms with Crippen LogP contribution in [0.5, 0.6) is 0 Å². The molecule has 3 nitrogen and oxygen atoms in total. The quantitative estimate of drug-likeness (QED) is 0.677. The standard InChI is InChI=1S/C20H26N2O/c1-15(23)17-4-6-20(7-5-17)22-10-8-21(9-11-22)14-19-13-16-2-3-18(19)12-16/h2-7,16,18-19H,8-14H2,1H3/p+1/t16-,18-,19+/m0/s1. The SMILES string of the molecule is CC(=O)c1ccc(N2CC[NH+](C[C@H]3C[C@H]4C=C[C@H]3C4)CC2)cc1. The van der Waals surface area contributed by atoms with Gasteiger partial charge in [0.25, 0.3) is 0 Å². The average Bonchev–Trinajstić information content (AvgIpc) is 3.18. The fourth-order valence-electron chi connectivity index (χ4n) is 4.69. The summed E-state index contributed by atoms with van der Waals surface area (Å²) in [7, 11) is 0.